The van der Waals surface area contributed by atoms with Crippen LogP contribution in [-0.4, -0.2) is 5.78 Å². The van der Waals surface area contributed by atoms with Crippen molar-refractivity contribution in [2.75, 3.05) is 5.73 Å². The second-order valence-corrected chi connectivity index (χ2v) is 4.34. The molecule has 4 heteroatoms. The van der Waals surface area contributed by atoms with Crippen LogP contribution in [0.4, 0.5) is 10.1 Å². The number of ketones is 1. The van der Waals surface area contributed by atoms with E-state index < -0.39 is 5.82 Å². The maximum Gasteiger partial charge on any atom is 0.167 e. The number of rotatable bonds is 3. The summed E-state index contributed by atoms with van der Waals surface area (Å²) in [7, 11) is 0. The summed E-state index contributed by atoms with van der Waals surface area (Å²) in [6, 6.07) is 11.2. The Morgan fingerprint density at radius 3 is 2.50 bits per heavy atom. The number of hydrogen-bond donors (Lipinski definition) is 1. The summed E-state index contributed by atoms with van der Waals surface area (Å²) in [4.78, 5) is 11.9. The Hall–Kier alpha value is -1.87. The normalized spacial score (nSPS) is 10.3. The fourth-order valence-corrected chi connectivity index (χ4v) is 1.82. The zero-order valence-electron chi connectivity index (χ0n) is 9.49. The largest absolute Gasteiger partial charge is 0.399 e. The van der Waals surface area contributed by atoms with E-state index in [9.17, 15) is 9.18 Å². The van der Waals surface area contributed by atoms with Gasteiger partial charge in [0.15, 0.2) is 5.78 Å². The molecule has 0 atom stereocenters. The van der Waals surface area contributed by atoms with Crippen LogP contribution in [0.3, 0.4) is 0 Å². The van der Waals surface area contributed by atoms with Crippen LogP contribution < -0.4 is 5.73 Å². The predicted molar refractivity (Wildman–Crippen MR) is 70.3 cm³/mol. The molecule has 2 nitrogen and oxygen atoms in total. The van der Waals surface area contributed by atoms with E-state index in [4.69, 9.17) is 17.3 Å². The van der Waals surface area contributed by atoms with Crippen LogP contribution in [0.15, 0.2) is 42.5 Å². The summed E-state index contributed by atoms with van der Waals surface area (Å²) in [5.41, 5.74) is 6.92. The van der Waals surface area contributed by atoms with Gasteiger partial charge >= 0.3 is 0 Å². The van der Waals surface area contributed by atoms with E-state index >= 15 is 0 Å². The maximum absolute atomic E-state index is 13.6. The third-order valence-corrected chi connectivity index (χ3v) is 2.91. The van der Waals surface area contributed by atoms with Crippen molar-refractivity contribution >= 4 is 23.1 Å². The summed E-state index contributed by atoms with van der Waals surface area (Å²) in [5, 5.41) is 0.0256. The summed E-state index contributed by atoms with van der Waals surface area (Å²) >= 11 is 5.66. The molecule has 0 aromatic heterocycles. The van der Waals surface area contributed by atoms with Gasteiger partial charge in [-0.1, -0.05) is 23.7 Å². The SMILES string of the molecule is Nc1ccc(C(=O)Cc2cccc(Cl)c2F)cc1. The minimum absolute atomic E-state index is 0.0175. The second-order valence-electron chi connectivity index (χ2n) is 3.93. The fraction of sp³-hybridized carbons (Fsp3) is 0.0714. The Kier molecular flexibility index (Phi) is 3.63. The number of nitrogen functional groups attached to an aromatic ring is 1. The first-order valence-corrected chi connectivity index (χ1v) is 5.77. The monoisotopic (exact) mass is 263 g/mol. The quantitative estimate of drug-likeness (QED) is 0.680. The standard InChI is InChI=1S/C14H11ClFNO/c15-12-3-1-2-10(14(12)16)8-13(18)9-4-6-11(17)7-5-9/h1-7H,8,17H2. The van der Waals surface area contributed by atoms with E-state index in [2.05, 4.69) is 0 Å². The van der Waals surface area contributed by atoms with Crippen LogP contribution in [0.25, 0.3) is 0 Å². The van der Waals surface area contributed by atoms with Gasteiger partial charge in [-0.2, -0.15) is 0 Å². The average Bonchev–Trinajstić information content (AvgIpc) is 2.36. The highest BCUT2D eigenvalue weighted by atomic mass is 35.5. The molecule has 0 saturated carbocycles. The molecule has 0 aliphatic carbocycles. The number of hydrogen-bond acceptors (Lipinski definition) is 2. The van der Waals surface area contributed by atoms with Crippen molar-refractivity contribution in [3.63, 3.8) is 0 Å². The number of halogens is 2. The number of nitrogens with two attached hydrogens (primary N) is 1. The maximum atomic E-state index is 13.6. The number of Topliss-reactive ketones (excluding diaryl/α,β-unsaturated/α-hetero) is 1. The molecule has 0 amide bonds. The molecule has 18 heavy (non-hydrogen) atoms. The van der Waals surface area contributed by atoms with Crippen LogP contribution in [0.2, 0.25) is 5.02 Å². The zero-order valence-corrected chi connectivity index (χ0v) is 10.2. The highest BCUT2D eigenvalue weighted by molar-refractivity contribution is 6.30. The van der Waals surface area contributed by atoms with Gasteiger partial charge in [0.2, 0.25) is 0 Å². The van der Waals surface area contributed by atoms with Crippen molar-refractivity contribution in [1.29, 1.82) is 0 Å². The lowest BCUT2D eigenvalue weighted by Crippen LogP contribution is -2.05. The van der Waals surface area contributed by atoms with Gasteiger partial charge in [0.25, 0.3) is 0 Å². The van der Waals surface area contributed by atoms with E-state index in [1.54, 1.807) is 36.4 Å². The lowest BCUT2D eigenvalue weighted by molar-refractivity contribution is 0.0992. The molecule has 2 rings (SSSR count). The van der Waals surface area contributed by atoms with E-state index in [0.29, 0.717) is 16.8 Å². The molecule has 0 saturated heterocycles. The summed E-state index contributed by atoms with van der Waals surface area (Å²) in [6.45, 7) is 0. The lowest BCUT2D eigenvalue weighted by Gasteiger charge is -2.04. The van der Waals surface area contributed by atoms with E-state index in [1.807, 2.05) is 0 Å². The molecular formula is C14H11ClFNO. The first-order chi connectivity index (χ1) is 8.58. The number of carbonyl (C=O) groups excluding carboxylic acids is 1. The number of anilines is 1. The van der Waals surface area contributed by atoms with Gasteiger partial charge in [0.05, 0.1) is 5.02 Å². The molecule has 2 aromatic rings. The van der Waals surface area contributed by atoms with E-state index in [1.165, 1.54) is 6.07 Å². The van der Waals surface area contributed by atoms with Crippen molar-refractivity contribution in [1.82, 2.24) is 0 Å². The highest BCUT2D eigenvalue weighted by Gasteiger charge is 2.12. The first-order valence-electron chi connectivity index (χ1n) is 5.39. The Labute approximate surface area is 109 Å². The third-order valence-electron chi connectivity index (χ3n) is 2.62. The molecule has 0 heterocycles. The van der Waals surface area contributed by atoms with Gasteiger partial charge < -0.3 is 5.73 Å². The van der Waals surface area contributed by atoms with Crippen molar-refractivity contribution in [3.05, 3.63) is 64.4 Å². The molecule has 0 bridgehead atoms. The van der Waals surface area contributed by atoms with Gasteiger partial charge in [-0.3, -0.25) is 4.79 Å². The Balaban J connectivity index is 2.21. The van der Waals surface area contributed by atoms with Crippen LogP contribution in [0.1, 0.15) is 15.9 Å². The predicted octanol–water partition coefficient (Wildman–Crippen LogP) is 3.49. The van der Waals surface area contributed by atoms with Gasteiger partial charge in [-0.05, 0) is 35.9 Å². The Morgan fingerprint density at radius 2 is 1.83 bits per heavy atom. The molecule has 2 aromatic carbocycles. The molecule has 0 aliphatic rings. The number of benzene rings is 2. The topological polar surface area (TPSA) is 43.1 Å². The summed E-state index contributed by atoms with van der Waals surface area (Å²) < 4.78 is 13.6. The molecule has 2 N–H and O–H groups in total. The van der Waals surface area contributed by atoms with Gasteiger partial charge in [0.1, 0.15) is 5.82 Å². The zero-order chi connectivity index (χ0) is 13.1. The molecule has 0 radical (unpaired) electrons. The molecular weight excluding hydrogens is 253 g/mol. The van der Waals surface area contributed by atoms with E-state index in [-0.39, 0.29) is 17.2 Å². The van der Waals surface area contributed by atoms with Gasteiger partial charge in [0, 0.05) is 17.7 Å². The second kappa shape index (κ2) is 5.19. The van der Waals surface area contributed by atoms with Crippen molar-refractivity contribution in [2.24, 2.45) is 0 Å². The molecule has 92 valence electrons. The smallest absolute Gasteiger partial charge is 0.167 e. The molecule has 0 fully saturated rings. The lowest BCUT2D eigenvalue weighted by atomic mass is 10.0. The highest BCUT2D eigenvalue weighted by Crippen LogP contribution is 2.19. The number of carbonyl (C=O) groups is 1. The molecule has 0 unspecified atom stereocenters. The summed E-state index contributed by atoms with van der Waals surface area (Å²) in [5.74, 6) is -0.709. The first kappa shape index (κ1) is 12.6. The van der Waals surface area contributed by atoms with Crippen LogP contribution >= 0.6 is 11.6 Å². The van der Waals surface area contributed by atoms with Crippen LogP contribution in [-0.2, 0) is 6.42 Å². The van der Waals surface area contributed by atoms with Crippen molar-refractivity contribution in [2.45, 2.75) is 6.42 Å². The minimum atomic E-state index is -0.539. The summed E-state index contributed by atoms with van der Waals surface area (Å²) in [6.07, 6.45) is -0.0175. The molecule has 0 spiro atoms. The van der Waals surface area contributed by atoms with E-state index in [0.717, 1.165) is 0 Å². The fourth-order valence-electron chi connectivity index (χ4n) is 1.63. The van der Waals surface area contributed by atoms with Gasteiger partial charge in [-0.15, -0.1) is 0 Å². The van der Waals surface area contributed by atoms with Crippen molar-refractivity contribution in [3.8, 4) is 0 Å². The Bertz CT molecular complexity index is 581. The van der Waals surface area contributed by atoms with Crippen molar-refractivity contribution < 1.29 is 9.18 Å². The third kappa shape index (κ3) is 2.68. The van der Waals surface area contributed by atoms with Gasteiger partial charge in [-0.25, -0.2) is 4.39 Å². The minimum Gasteiger partial charge on any atom is -0.399 e. The van der Waals surface area contributed by atoms with Crippen LogP contribution in [0.5, 0.6) is 0 Å². The Morgan fingerprint density at radius 1 is 1.17 bits per heavy atom. The average molecular weight is 264 g/mol. The van der Waals surface area contributed by atoms with Crippen LogP contribution in [0, 0.1) is 5.82 Å². The molecule has 0 aliphatic heterocycles.